The lowest BCUT2D eigenvalue weighted by Crippen LogP contribution is -2.31. The average Bonchev–Trinajstić information content (AvgIpc) is 2.34. The largest absolute Gasteiger partial charge is 0.506 e. The third-order valence-corrected chi connectivity index (χ3v) is 4.69. The first-order chi connectivity index (χ1) is 9.58. The summed E-state index contributed by atoms with van der Waals surface area (Å²) in [6.07, 6.45) is 9.33. The summed E-state index contributed by atoms with van der Waals surface area (Å²) in [4.78, 5) is 2.39. The van der Waals surface area contributed by atoms with Crippen molar-refractivity contribution in [3.63, 3.8) is 0 Å². The summed E-state index contributed by atoms with van der Waals surface area (Å²) < 4.78 is 0. The summed E-state index contributed by atoms with van der Waals surface area (Å²) >= 11 is 6.07. The van der Waals surface area contributed by atoms with Gasteiger partial charge in [0, 0.05) is 18.2 Å². The van der Waals surface area contributed by atoms with Gasteiger partial charge >= 0.3 is 0 Å². The fourth-order valence-electron chi connectivity index (χ4n) is 3.20. The van der Waals surface area contributed by atoms with Gasteiger partial charge in [-0.15, -0.1) is 0 Å². The minimum atomic E-state index is 0.245. The van der Waals surface area contributed by atoms with Crippen LogP contribution < -0.4 is 0 Å². The average molecular weight is 296 g/mol. The molecule has 0 radical (unpaired) electrons. The Bertz CT molecular complexity index is 439. The number of hydrogen-bond donors (Lipinski definition) is 1. The van der Waals surface area contributed by atoms with E-state index in [4.69, 9.17) is 11.6 Å². The van der Waals surface area contributed by atoms with Gasteiger partial charge in [-0.3, -0.25) is 4.90 Å². The third kappa shape index (κ3) is 4.13. The number of benzene rings is 1. The fraction of sp³-hybridized carbons (Fsp3) is 0.647. The molecule has 20 heavy (non-hydrogen) atoms. The summed E-state index contributed by atoms with van der Waals surface area (Å²) in [6, 6.07) is 4.49. The highest BCUT2D eigenvalue weighted by Crippen LogP contribution is 2.31. The van der Waals surface area contributed by atoms with E-state index in [1.807, 2.05) is 19.1 Å². The predicted octanol–water partition coefficient (Wildman–Crippen LogP) is 4.90. The van der Waals surface area contributed by atoms with Crippen LogP contribution in [0.3, 0.4) is 0 Å². The Labute approximate surface area is 127 Å². The summed E-state index contributed by atoms with van der Waals surface area (Å²) in [7, 11) is 2.17. The zero-order valence-corrected chi connectivity index (χ0v) is 13.4. The second kappa shape index (κ2) is 7.33. The molecule has 1 aliphatic rings. The number of rotatable bonds is 3. The Balaban J connectivity index is 2.04. The minimum absolute atomic E-state index is 0.245. The van der Waals surface area contributed by atoms with Gasteiger partial charge in [0.05, 0.1) is 5.02 Å². The molecule has 1 aliphatic carbocycles. The highest BCUT2D eigenvalue weighted by molar-refractivity contribution is 6.32. The topological polar surface area (TPSA) is 23.5 Å². The van der Waals surface area contributed by atoms with Crippen LogP contribution in [-0.2, 0) is 6.54 Å². The zero-order chi connectivity index (χ0) is 14.5. The molecule has 112 valence electrons. The van der Waals surface area contributed by atoms with Gasteiger partial charge in [0.1, 0.15) is 5.75 Å². The zero-order valence-electron chi connectivity index (χ0n) is 12.7. The number of hydrogen-bond acceptors (Lipinski definition) is 2. The molecule has 0 unspecified atom stereocenters. The molecular weight excluding hydrogens is 270 g/mol. The van der Waals surface area contributed by atoms with E-state index in [1.54, 1.807) is 0 Å². The first kappa shape index (κ1) is 15.7. The number of aromatic hydroxyl groups is 1. The van der Waals surface area contributed by atoms with Crippen LogP contribution in [0.25, 0.3) is 0 Å². The van der Waals surface area contributed by atoms with E-state index < -0.39 is 0 Å². The quantitative estimate of drug-likeness (QED) is 0.857. The molecule has 1 saturated carbocycles. The van der Waals surface area contributed by atoms with Crippen molar-refractivity contribution in [1.29, 1.82) is 0 Å². The van der Waals surface area contributed by atoms with Crippen LogP contribution in [0.15, 0.2) is 12.1 Å². The van der Waals surface area contributed by atoms with Crippen molar-refractivity contribution in [1.82, 2.24) is 4.90 Å². The summed E-state index contributed by atoms with van der Waals surface area (Å²) in [5.41, 5.74) is 2.05. The molecule has 0 heterocycles. The van der Waals surface area contributed by atoms with Crippen LogP contribution in [0.1, 0.15) is 56.1 Å². The van der Waals surface area contributed by atoms with Crippen LogP contribution in [-0.4, -0.2) is 23.1 Å². The summed E-state index contributed by atoms with van der Waals surface area (Å²) in [5, 5.41) is 10.6. The van der Waals surface area contributed by atoms with Crippen molar-refractivity contribution in [3.05, 3.63) is 28.3 Å². The molecule has 0 spiro atoms. The van der Waals surface area contributed by atoms with Gasteiger partial charge in [-0.1, -0.05) is 49.8 Å². The molecule has 0 bridgehead atoms. The van der Waals surface area contributed by atoms with Crippen LogP contribution in [0, 0.1) is 6.92 Å². The second-order valence-corrected chi connectivity index (χ2v) is 6.58. The van der Waals surface area contributed by atoms with Gasteiger partial charge in [0.25, 0.3) is 0 Å². The molecule has 2 rings (SSSR count). The lowest BCUT2D eigenvalue weighted by Gasteiger charge is -2.30. The lowest BCUT2D eigenvalue weighted by atomic mass is 9.95. The summed E-state index contributed by atoms with van der Waals surface area (Å²) in [6.45, 7) is 2.79. The third-order valence-electron chi connectivity index (χ3n) is 4.40. The Morgan fingerprint density at radius 3 is 2.40 bits per heavy atom. The molecule has 0 aliphatic heterocycles. The van der Waals surface area contributed by atoms with Crippen molar-refractivity contribution in [2.75, 3.05) is 7.05 Å². The van der Waals surface area contributed by atoms with Crippen molar-refractivity contribution in [2.45, 2.75) is 64.5 Å². The van der Waals surface area contributed by atoms with E-state index in [0.29, 0.717) is 11.1 Å². The lowest BCUT2D eigenvalue weighted by molar-refractivity contribution is 0.194. The molecule has 0 saturated heterocycles. The molecule has 3 heteroatoms. The van der Waals surface area contributed by atoms with Crippen molar-refractivity contribution in [2.24, 2.45) is 0 Å². The first-order valence-electron chi connectivity index (χ1n) is 7.76. The molecule has 0 atom stereocenters. The van der Waals surface area contributed by atoms with Crippen molar-refractivity contribution in [3.8, 4) is 5.75 Å². The smallest absolute Gasteiger partial charge is 0.138 e. The maximum absolute atomic E-state index is 10.1. The number of nitrogens with zero attached hydrogens (tertiary/aromatic N) is 1. The van der Waals surface area contributed by atoms with Gasteiger partial charge in [0.2, 0.25) is 0 Å². The minimum Gasteiger partial charge on any atom is -0.506 e. The van der Waals surface area contributed by atoms with Gasteiger partial charge in [-0.05, 0) is 38.4 Å². The van der Waals surface area contributed by atoms with Crippen LogP contribution in [0.4, 0.5) is 0 Å². The maximum atomic E-state index is 10.1. The van der Waals surface area contributed by atoms with Gasteiger partial charge < -0.3 is 5.11 Å². The van der Waals surface area contributed by atoms with E-state index in [-0.39, 0.29) is 5.75 Å². The van der Waals surface area contributed by atoms with E-state index in [1.165, 1.54) is 44.9 Å². The molecule has 1 aromatic carbocycles. The highest BCUT2D eigenvalue weighted by atomic mass is 35.5. The fourth-order valence-corrected chi connectivity index (χ4v) is 3.49. The van der Waals surface area contributed by atoms with E-state index >= 15 is 0 Å². The number of phenols is 1. The molecule has 1 aromatic rings. The Kier molecular flexibility index (Phi) is 5.74. The summed E-state index contributed by atoms with van der Waals surface area (Å²) in [5.74, 6) is 0.245. The molecule has 0 aromatic heterocycles. The van der Waals surface area contributed by atoms with E-state index in [2.05, 4.69) is 11.9 Å². The van der Waals surface area contributed by atoms with Crippen LogP contribution in [0.2, 0.25) is 5.02 Å². The van der Waals surface area contributed by atoms with Gasteiger partial charge in [-0.2, -0.15) is 0 Å². The normalized spacial score (nSPS) is 18.0. The Hall–Kier alpha value is -0.730. The number of aryl methyl sites for hydroxylation is 1. The Morgan fingerprint density at radius 2 is 1.75 bits per heavy atom. The van der Waals surface area contributed by atoms with Crippen LogP contribution >= 0.6 is 11.6 Å². The Morgan fingerprint density at radius 1 is 1.15 bits per heavy atom. The first-order valence-corrected chi connectivity index (χ1v) is 8.14. The van der Waals surface area contributed by atoms with Crippen LogP contribution in [0.5, 0.6) is 5.75 Å². The second-order valence-electron chi connectivity index (χ2n) is 6.17. The van der Waals surface area contributed by atoms with Crippen molar-refractivity contribution < 1.29 is 5.11 Å². The molecule has 1 fully saturated rings. The molecule has 0 amide bonds. The maximum Gasteiger partial charge on any atom is 0.138 e. The predicted molar refractivity (Wildman–Crippen MR) is 85.4 cm³/mol. The van der Waals surface area contributed by atoms with Crippen molar-refractivity contribution >= 4 is 11.6 Å². The monoisotopic (exact) mass is 295 g/mol. The number of halogens is 1. The standard InChI is InChI=1S/C17H26ClNO/c1-13-10-14(17(20)16(18)11-13)12-19(2)15-8-6-4-3-5-7-9-15/h10-11,15,20H,3-9,12H2,1-2H3. The molecular formula is C17H26ClNO. The van der Waals surface area contributed by atoms with Gasteiger partial charge in [0.15, 0.2) is 0 Å². The molecule has 1 N–H and O–H groups in total. The highest BCUT2D eigenvalue weighted by Gasteiger charge is 2.18. The van der Waals surface area contributed by atoms with Gasteiger partial charge in [-0.25, -0.2) is 0 Å². The van der Waals surface area contributed by atoms with E-state index in [9.17, 15) is 5.11 Å². The number of phenolic OH excluding ortho intramolecular Hbond substituents is 1. The SMILES string of the molecule is Cc1cc(Cl)c(O)c(CN(C)C2CCCCCCC2)c1. The van der Waals surface area contributed by atoms with E-state index in [0.717, 1.165) is 17.7 Å². The molecule has 2 nitrogen and oxygen atoms in total.